The average Bonchev–Trinajstić information content (AvgIpc) is 3.43. The van der Waals surface area contributed by atoms with Crippen LogP contribution in [0.5, 0.6) is 0 Å². The van der Waals surface area contributed by atoms with E-state index in [0.29, 0.717) is 16.3 Å². The van der Waals surface area contributed by atoms with Crippen molar-refractivity contribution in [2.45, 2.75) is 70.5 Å². The highest BCUT2D eigenvalue weighted by Crippen LogP contribution is 2.61. The van der Waals surface area contributed by atoms with Gasteiger partial charge in [0.15, 0.2) is 10.3 Å². The van der Waals surface area contributed by atoms with Crippen LogP contribution in [0, 0.1) is 30.1 Å². The van der Waals surface area contributed by atoms with E-state index in [1.54, 1.807) is 0 Å². The molecule has 0 atom stereocenters. The van der Waals surface area contributed by atoms with E-state index in [1.165, 1.54) is 67.2 Å². The Hall–Kier alpha value is -2.19. The molecule has 7 rings (SSSR count). The maximum Gasteiger partial charge on any atom is 0.236 e. The Morgan fingerprint density at radius 2 is 1.80 bits per heavy atom. The molecule has 4 saturated carbocycles. The van der Waals surface area contributed by atoms with Gasteiger partial charge in [0, 0.05) is 23.9 Å². The summed E-state index contributed by atoms with van der Waals surface area (Å²) in [4.78, 5) is 17.2. The number of hydrogen-bond donors (Lipinski definition) is 1. The van der Waals surface area contributed by atoms with Crippen LogP contribution in [0.3, 0.4) is 0 Å². The highest BCUT2D eigenvalue weighted by molar-refractivity contribution is 7.99. The van der Waals surface area contributed by atoms with Crippen molar-refractivity contribution in [1.29, 1.82) is 0 Å². The highest BCUT2D eigenvalue weighted by Gasteiger charge is 2.51. The van der Waals surface area contributed by atoms with E-state index in [-0.39, 0.29) is 5.91 Å². The van der Waals surface area contributed by atoms with Crippen molar-refractivity contribution in [3.63, 3.8) is 0 Å². The molecule has 4 bridgehead atoms. The van der Waals surface area contributed by atoms with Crippen molar-refractivity contribution >= 4 is 34.1 Å². The van der Waals surface area contributed by atoms with E-state index < -0.39 is 0 Å². The molecule has 8 heteroatoms. The van der Waals surface area contributed by atoms with Crippen LogP contribution in [0.1, 0.15) is 56.8 Å². The molecule has 0 spiro atoms. The lowest BCUT2D eigenvalue weighted by Crippen LogP contribution is -2.47. The molecular weight excluding hydrogens is 474 g/mol. The van der Waals surface area contributed by atoms with Gasteiger partial charge in [-0.15, -0.1) is 21.5 Å². The monoisotopic (exact) mass is 507 g/mol. The summed E-state index contributed by atoms with van der Waals surface area (Å²) in [6, 6.07) is 8.27. The summed E-state index contributed by atoms with van der Waals surface area (Å²) < 4.78 is 2.23. The maximum atomic E-state index is 12.7. The molecule has 3 aromatic rings. The topological polar surface area (TPSA) is 72.7 Å². The number of nitrogens with one attached hydrogen (secondary N) is 1. The number of nitrogens with zero attached hydrogens (tertiary/aromatic N) is 4. The second kappa shape index (κ2) is 9.36. The number of thiazole rings is 1. The number of thioether (sulfide) groups is 1. The van der Waals surface area contributed by atoms with Crippen molar-refractivity contribution in [3.05, 3.63) is 41.0 Å². The molecule has 4 fully saturated rings. The van der Waals surface area contributed by atoms with E-state index in [4.69, 9.17) is 0 Å². The summed E-state index contributed by atoms with van der Waals surface area (Å²) in [6.45, 7) is 5.06. The first-order chi connectivity index (χ1) is 17.0. The summed E-state index contributed by atoms with van der Waals surface area (Å²) in [5.74, 6) is 4.17. The molecular formula is C27H33N5OS2. The summed E-state index contributed by atoms with van der Waals surface area (Å²) >= 11 is 2.93. The molecule has 6 nitrogen and oxygen atoms in total. The molecule has 4 aliphatic rings. The molecule has 184 valence electrons. The standard InChI is InChI=1S/C27H33N5OS2/c1-3-32-23(14-27-11-18-8-19(12-27)10-20(9-18)13-27)30-31-26(32)35-16-24(33)29-25-28-22(15-34-25)21-6-4-17(2)5-7-21/h4-7,15,18-20H,3,8-14,16H2,1-2H3,(H,28,29,33). The fraction of sp³-hybridized carbons (Fsp3) is 0.556. The van der Waals surface area contributed by atoms with Gasteiger partial charge in [-0.05, 0) is 75.5 Å². The molecule has 0 saturated heterocycles. The van der Waals surface area contributed by atoms with Crippen molar-refractivity contribution in [3.8, 4) is 11.3 Å². The number of amides is 1. The van der Waals surface area contributed by atoms with Gasteiger partial charge in [-0.25, -0.2) is 4.98 Å². The lowest BCUT2D eigenvalue weighted by atomic mass is 9.49. The Morgan fingerprint density at radius 3 is 2.46 bits per heavy atom. The van der Waals surface area contributed by atoms with Crippen LogP contribution in [-0.2, 0) is 17.8 Å². The Morgan fingerprint density at radius 1 is 1.11 bits per heavy atom. The molecule has 0 unspecified atom stereocenters. The molecule has 0 radical (unpaired) electrons. The van der Waals surface area contributed by atoms with Gasteiger partial charge in [0.1, 0.15) is 5.82 Å². The Bertz CT molecular complexity index is 1180. The zero-order valence-corrected chi connectivity index (χ0v) is 22.1. The maximum absolute atomic E-state index is 12.7. The molecule has 35 heavy (non-hydrogen) atoms. The average molecular weight is 508 g/mol. The first kappa shape index (κ1) is 23.2. The molecule has 1 aromatic carbocycles. The van der Waals surface area contributed by atoms with Gasteiger partial charge in [-0.2, -0.15) is 0 Å². The third-order valence-electron chi connectivity index (χ3n) is 8.24. The van der Waals surface area contributed by atoms with Crippen LogP contribution in [0.15, 0.2) is 34.8 Å². The lowest BCUT2D eigenvalue weighted by molar-refractivity contribution is -0.113. The Labute approximate surface area is 215 Å². The highest BCUT2D eigenvalue weighted by atomic mass is 32.2. The fourth-order valence-electron chi connectivity index (χ4n) is 7.19. The molecule has 0 aliphatic heterocycles. The number of carbonyl (C=O) groups is 1. The smallest absolute Gasteiger partial charge is 0.236 e. The second-order valence-electron chi connectivity index (χ2n) is 11.0. The van der Waals surface area contributed by atoms with Gasteiger partial charge in [0.2, 0.25) is 5.91 Å². The molecule has 1 amide bonds. The Kier molecular flexibility index (Phi) is 6.21. The van der Waals surface area contributed by atoms with Gasteiger partial charge in [0.05, 0.1) is 11.4 Å². The zero-order valence-electron chi connectivity index (χ0n) is 20.5. The molecule has 4 aliphatic carbocycles. The summed E-state index contributed by atoms with van der Waals surface area (Å²) in [7, 11) is 0. The molecule has 2 heterocycles. The van der Waals surface area contributed by atoms with Crippen LogP contribution in [0.4, 0.5) is 5.13 Å². The summed E-state index contributed by atoms with van der Waals surface area (Å²) in [5.41, 5.74) is 3.60. The second-order valence-corrected chi connectivity index (χ2v) is 12.8. The van der Waals surface area contributed by atoms with Crippen molar-refractivity contribution in [2.24, 2.45) is 23.2 Å². The van der Waals surface area contributed by atoms with Gasteiger partial charge in [0.25, 0.3) is 0 Å². The SMILES string of the molecule is CCn1c(CC23CC4CC(CC(C4)C2)C3)nnc1SCC(=O)Nc1nc(-c2ccc(C)cc2)cs1. The molecule has 2 aromatic heterocycles. The number of rotatable bonds is 8. The zero-order chi connectivity index (χ0) is 24.0. The molecule has 1 N–H and O–H groups in total. The normalized spacial score (nSPS) is 26.9. The Balaban J connectivity index is 1.07. The van der Waals surface area contributed by atoms with E-state index >= 15 is 0 Å². The van der Waals surface area contributed by atoms with Crippen molar-refractivity contribution in [2.75, 3.05) is 11.1 Å². The van der Waals surface area contributed by atoms with Crippen molar-refractivity contribution in [1.82, 2.24) is 19.7 Å². The third-order valence-corrected chi connectivity index (χ3v) is 9.96. The minimum absolute atomic E-state index is 0.0620. The number of carbonyl (C=O) groups excluding carboxylic acids is 1. The fourth-order valence-corrected chi connectivity index (χ4v) is 8.75. The number of aryl methyl sites for hydroxylation is 1. The summed E-state index contributed by atoms with van der Waals surface area (Å²) in [5, 5.41) is 15.5. The van der Waals surface area contributed by atoms with E-state index in [9.17, 15) is 4.79 Å². The van der Waals surface area contributed by atoms with Crippen molar-refractivity contribution < 1.29 is 4.79 Å². The number of anilines is 1. The number of aromatic nitrogens is 4. The van der Waals surface area contributed by atoms with E-state index in [0.717, 1.165) is 53.0 Å². The van der Waals surface area contributed by atoms with Crippen LogP contribution in [0.2, 0.25) is 0 Å². The van der Waals surface area contributed by atoms with E-state index in [1.807, 2.05) is 5.38 Å². The predicted octanol–water partition coefficient (Wildman–Crippen LogP) is 6.22. The van der Waals surface area contributed by atoms with Crippen LogP contribution < -0.4 is 5.32 Å². The van der Waals surface area contributed by atoms with Gasteiger partial charge < -0.3 is 9.88 Å². The number of benzene rings is 1. The summed E-state index contributed by atoms with van der Waals surface area (Å²) in [6.07, 6.45) is 9.55. The minimum Gasteiger partial charge on any atom is -0.306 e. The van der Waals surface area contributed by atoms with E-state index in [2.05, 4.69) is 63.2 Å². The third kappa shape index (κ3) is 4.79. The van der Waals surface area contributed by atoms with Gasteiger partial charge in [-0.3, -0.25) is 4.79 Å². The van der Waals surface area contributed by atoms with Gasteiger partial charge >= 0.3 is 0 Å². The lowest BCUT2D eigenvalue weighted by Gasteiger charge is -2.56. The first-order valence-electron chi connectivity index (χ1n) is 12.9. The van der Waals surface area contributed by atoms with Gasteiger partial charge in [-0.1, -0.05) is 41.6 Å². The van der Waals surface area contributed by atoms with Crippen LogP contribution in [0.25, 0.3) is 11.3 Å². The largest absolute Gasteiger partial charge is 0.306 e. The number of hydrogen-bond acceptors (Lipinski definition) is 6. The van der Waals surface area contributed by atoms with Crippen LogP contribution >= 0.6 is 23.1 Å². The quantitative estimate of drug-likeness (QED) is 0.367. The first-order valence-corrected chi connectivity index (χ1v) is 14.7. The predicted molar refractivity (Wildman–Crippen MR) is 142 cm³/mol. The van der Waals surface area contributed by atoms with Crippen LogP contribution in [-0.4, -0.2) is 31.4 Å². The minimum atomic E-state index is -0.0620.